The fraction of sp³-hybridized carbons (Fsp3) is 0. The summed E-state index contributed by atoms with van der Waals surface area (Å²) >= 11 is 1.87. The maximum absolute atomic E-state index is 6.85. The van der Waals surface area contributed by atoms with E-state index < -0.39 is 0 Å². The van der Waals surface area contributed by atoms with Crippen LogP contribution in [-0.4, -0.2) is 0 Å². The Morgan fingerprint density at radius 3 is 1.90 bits per heavy atom. The van der Waals surface area contributed by atoms with E-state index in [1.807, 2.05) is 11.3 Å². The molecule has 0 radical (unpaired) electrons. The quantitative estimate of drug-likeness (QED) is 0.218. The van der Waals surface area contributed by atoms with Crippen molar-refractivity contribution >= 4 is 75.0 Å². The smallest absolute Gasteiger partial charge is 0.144 e. The zero-order valence-corrected chi connectivity index (χ0v) is 22.3. The van der Waals surface area contributed by atoms with Gasteiger partial charge in [0.1, 0.15) is 11.2 Å². The van der Waals surface area contributed by atoms with E-state index in [2.05, 4.69) is 133 Å². The molecule has 0 spiro atoms. The molecule has 7 aromatic carbocycles. The third-order valence-corrected chi connectivity index (χ3v) is 9.49. The Balaban J connectivity index is 1.53. The monoisotopic (exact) mass is 526 g/mol. The van der Waals surface area contributed by atoms with Gasteiger partial charge in [-0.25, -0.2) is 0 Å². The second-order valence-corrected chi connectivity index (χ2v) is 11.5. The summed E-state index contributed by atoms with van der Waals surface area (Å²) in [4.78, 5) is 0. The first kappa shape index (κ1) is 22.0. The first-order chi connectivity index (χ1) is 19.9. The molecule has 1 nitrogen and oxygen atoms in total. The summed E-state index contributed by atoms with van der Waals surface area (Å²) in [5.74, 6) is 0. The highest BCUT2D eigenvalue weighted by Crippen LogP contribution is 2.51. The Bertz CT molecular complexity index is 2430. The maximum atomic E-state index is 6.85. The molecule has 186 valence electrons. The predicted octanol–water partition coefficient (Wildman–Crippen LogP) is 11.6. The van der Waals surface area contributed by atoms with Crippen molar-refractivity contribution in [2.75, 3.05) is 0 Å². The average Bonchev–Trinajstić information content (AvgIpc) is 3.59. The summed E-state index contributed by atoms with van der Waals surface area (Å²) in [5, 5.41) is 9.87. The van der Waals surface area contributed by atoms with Gasteiger partial charge in [0, 0.05) is 47.6 Å². The molecule has 0 aliphatic carbocycles. The van der Waals surface area contributed by atoms with Gasteiger partial charge in [0.25, 0.3) is 0 Å². The van der Waals surface area contributed by atoms with Crippen molar-refractivity contribution in [1.29, 1.82) is 0 Å². The number of hydrogen-bond donors (Lipinski definition) is 0. The highest BCUT2D eigenvalue weighted by Gasteiger charge is 2.24. The Hall–Kier alpha value is -4.92. The second-order valence-electron chi connectivity index (χ2n) is 10.4. The van der Waals surface area contributed by atoms with Crippen molar-refractivity contribution in [3.05, 3.63) is 133 Å². The molecule has 2 aromatic heterocycles. The summed E-state index contributed by atoms with van der Waals surface area (Å²) in [7, 11) is 0. The summed E-state index contributed by atoms with van der Waals surface area (Å²) in [5.41, 5.74) is 6.73. The van der Waals surface area contributed by atoms with Crippen LogP contribution in [0.25, 0.3) is 85.9 Å². The van der Waals surface area contributed by atoms with Crippen LogP contribution in [0.2, 0.25) is 0 Å². The van der Waals surface area contributed by atoms with Crippen molar-refractivity contribution in [3.63, 3.8) is 0 Å². The molecule has 0 aliphatic heterocycles. The van der Waals surface area contributed by atoms with Gasteiger partial charge in [-0.15, -0.1) is 11.3 Å². The van der Waals surface area contributed by atoms with Gasteiger partial charge in [-0.1, -0.05) is 121 Å². The van der Waals surface area contributed by atoms with E-state index >= 15 is 0 Å². The van der Waals surface area contributed by atoms with Crippen LogP contribution < -0.4 is 0 Å². The molecule has 0 unspecified atom stereocenters. The second kappa shape index (κ2) is 8.29. The van der Waals surface area contributed by atoms with Crippen LogP contribution in [0, 0.1) is 0 Å². The minimum Gasteiger partial charge on any atom is -0.455 e. The lowest BCUT2D eigenvalue weighted by molar-refractivity contribution is 0.670. The van der Waals surface area contributed by atoms with E-state index in [1.165, 1.54) is 69.4 Å². The van der Waals surface area contributed by atoms with Crippen molar-refractivity contribution in [3.8, 4) is 22.3 Å². The lowest BCUT2D eigenvalue weighted by Crippen LogP contribution is -1.90. The molecule has 0 saturated heterocycles. The van der Waals surface area contributed by atoms with E-state index in [1.54, 1.807) is 0 Å². The molecule has 9 rings (SSSR count). The van der Waals surface area contributed by atoms with Crippen LogP contribution in [0.15, 0.2) is 138 Å². The standard InChI is InChI=1S/C38H22OS/c1-2-13-24-23(11-1)12-9-18-26(24)34-27-15-3-4-16-28(27)35(37-36(34)30-17-5-7-21-32(30)39-37)31-20-10-19-29-25-14-6-8-22-33(25)40-38(29)31/h1-22H. The molecule has 0 amide bonds. The summed E-state index contributed by atoms with van der Waals surface area (Å²) in [6, 6.07) is 48.1. The predicted molar refractivity (Wildman–Crippen MR) is 172 cm³/mol. The Morgan fingerprint density at radius 2 is 1.02 bits per heavy atom. The Morgan fingerprint density at radius 1 is 0.425 bits per heavy atom. The zero-order chi connectivity index (χ0) is 26.2. The molecule has 2 heteroatoms. The number of rotatable bonds is 2. The first-order valence-corrected chi connectivity index (χ1v) is 14.4. The molecule has 0 atom stereocenters. The van der Waals surface area contributed by atoms with Gasteiger partial charge in [-0.2, -0.15) is 0 Å². The highest BCUT2D eigenvalue weighted by molar-refractivity contribution is 7.26. The van der Waals surface area contributed by atoms with Crippen LogP contribution in [0.5, 0.6) is 0 Å². The van der Waals surface area contributed by atoms with Crippen molar-refractivity contribution in [2.24, 2.45) is 0 Å². The molecule has 0 aliphatic rings. The third-order valence-electron chi connectivity index (χ3n) is 8.27. The van der Waals surface area contributed by atoms with Crippen LogP contribution in [-0.2, 0) is 0 Å². The Kier molecular flexibility index (Phi) is 4.55. The van der Waals surface area contributed by atoms with Gasteiger partial charge in [0.2, 0.25) is 0 Å². The van der Waals surface area contributed by atoms with Crippen LogP contribution >= 0.6 is 11.3 Å². The normalized spacial score (nSPS) is 12.0. The van der Waals surface area contributed by atoms with Gasteiger partial charge in [-0.3, -0.25) is 0 Å². The average molecular weight is 527 g/mol. The van der Waals surface area contributed by atoms with Crippen molar-refractivity contribution in [2.45, 2.75) is 0 Å². The van der Waals surface area contributed by atoms with E-state index in [4.69, 9.17) is 4.42 Å². The molecular formula is C38H22OS. The summed E-state index contributed by atoms with van der Waals surface area (Å²) < 4.78 is 9.46. The lowest BCUT2D eigenvalue weighted by Gasteiger charge is -2.16. The van der Waals surface area contributed by atoms with Crippen molar-refractivity contribution < 1.29 is 4.42 Å². The molecule has 2 heterocycles. The molecule has 9 aromatic rings. The molecule has 0 bridgehead atoms. The highest BCUT2D eigenvalue weighted by atomic mass is 32.1. The van der Waals surface area contributed by atoms with Gasteiger partial charge in [0.05, 0.1) is 0 Å². The minimum atomic E-state index is 0.916. The van der Waals surface area contributed by atoms with Gasteiger partial charge in [0.15, 0.2) is 0 Å². The van der Waals surface area contributed by atoms with E-state index in [-0.39, 0.29) is 0 Å². The molecule has 0 N–H and O–H groups in total. The number of fused-ring (bicyclic) bond motifs is 8. The molecule has 0 saturated carbocycles. The maximum Gasteiger partial charge on any atom is 0.144 e. The number of furan rings is 1. The number of hydrogen-bond acceptors (Lipinski definition) is 2. The SMILES string of the molecule is c1ccc2c(-c3c4ccccc4c(-c4cccc5c4sc4ccccc45)c4oc5ccccc5c34)cccc2c1. The summed E-state index contributed by atoms with van der Waals surface area (Å²) in [6.45, 7) is 0. The van der Waals surface area contributed by atoms with Crippen LogP contribution in [0.1, 0.15) is 0 Å². The van der Waals surface area contributed by atoms with E-state index in [9.17, 15) is 0 Å². The van der Waals surface area contributed by atoms with Crippen LogP contribution in [0.3, 0.4) is 0 Å². The van der Waals surface area contributed by atoms with Gasteiger partial charge >= 0.3 is 0 Å². The van der Waals surface area contributed by atoms with Crippen LogP contribution in [0.4, 0.5) is 0 Å². The lowest BCUT2D eigenvalue weighted by atomic mass is 9.86. The first-order valence-electron chi connectivity index (χ1n) is 13.6. The van der Waals surface area contributed by atoms with E-state index in [0.717, 1.165) is 16.6 Å². The van der Waals surface area contributed by atoms with E-state index in [0.29, 0.717) is 0 Å². The fourth-order valence-corrected chi connectivity index (χ4v) is 7.80. The topological polar surface area (TPSA) is 13.1 Å². The Labute approximate surface area is 234 Å². The van der Waals surface area contributed by atoms with Gasteiger partial charge in [-0.05, 0) is 39.2 Å². The van der Waals surface area contributed by atoms with Crippen molar-refractivity contribution in [1.82, 2.24) is 0 Å². The molecular weight excluding hydrogens is 504 g/mol. The number of benzene rings is 7. The molecule has 40 heavy (non-hydrogen) atoms. The zero-order valence-electron chi connectivity index (χ0n) is 21.5. The third kappa shape index (κ3) is 2.97. The number of thiophene rings is 1. The largest absolute Gasteiger partial charge is 0.455 e. The fourth-order valence-electron chi connectivity index (χ4n) is 6.58. The summed E-state index contributed by atoms with van der Waals surface area (Å²) in [6.07, 6.45) is 0. The number of para-hydroxylation sites is 1. The van der Waals surface area contributed by atoms with Gasteiger partial charge < -0.3 is 4.42 Å². The molecule has 0 fully saturated rings. The minimum absolute atomic E-state index is 0.916.